The standard InChI is InChI=1S/C20H30F3N3/c1-14(2)16-6-8-17(9-7-16)26-12-11-25(13-15(26)3)19-18(20(21,22)23)5-4-10-24-19/h4-5,10,14-17H,6-9,11-13H2,1-3H3/t15-,16?,17?/m1/s1. The summed E-state index contributed by atoms with van der Waals surface area (Å²) >= 11 is 0. The zero-order valence-corrected chi connectivity index (χ0v) is 16.0. The third kappa shape index (κ3) is 4.16. The summed E-state index contributed by atoms with van der Waals surface area (Å²) in [4.78, 5) is 8.38. The van der Waals surface area contributed by atoms with Gasteiger partial charge in [0.25, 0.3) is 0 Å². The van der Waals surface area contributed by atoms with E-state index in [-0.39, 0.29) is 11.9 Å². The van der Waals surface area contributed by atoms with Crippen molar-refractivity contribution in [2.75, 3.05) is 24.5 Å². The van der Waals surface area contributed by atoms with Crippen LogP contribution in [0.3, 0.4) is 0 Å². The number of anilines is 1. The SMILES string of the molecule is CC(C)C1CCC(N2CCN(c3ncccc3C(F)(F)F)C[C@H]2C)CC1. The predicted octanol–water partition coefficient (Wildman–Crippen LogP) is 4.83. The number of alkyl halides is 3. The summed E-state index contributed by atoms with van der Waals surface area (Å²) in [6.07, 6.45) is 2.06. The Morgan fingerprint density at radius 2 is 1.81 bits per heavy atom. The van der Waals surface area contributed by atoms with Gasteiger partial charge in [-0.1, -0.05) is 13.8 Å². The molecule has 1 aromatic heterocycles. The van der Waals surface area contributed by atoms with Gasteiger partial charge in [0.2, 0.25) is 0 Å². The minimum atomic E-state index is -4.36. The van der Waals surface area contributed by atoms with Crippen LogP contribution in [0.25, 0.3) is 0 Å². The molecule has 1 aliphatic heterocycles. The summed E-state index contributed by atoms with van der Waals surface area (Å²) in [5.41, 5.74) is -0.627. The van der Waals surface area contributed by atoms with E-state index in [0.717, 1.165) is 24.4 Å². The van der Waals surface area contributed by atoms with E-state index >= 15 is 0 Å². The molecule has 1 saturated heterocycles. The maximum Gasteiger partial charge on any atom is 0.419 e. The molecule has 2 fully saturated rings. The van der Waals surface area contributed by atoms with Crippen LogP contribution in [0.15, 0.2) is 18.3 Å². The van der Waals surface area contributed by atoms with Crippen LogP contribution in [-0.4, -0.2) is 41.6 Å². The van der Waals surface area contributed by atoms with Crippen LogP contribution in [0.1, 0.15) is 52.0 Å². The van der Waals surface area contributed by atoms with Gasteiger partial charge in [-0.25, -0.2) is 4.98 Å². The van der Waals surface area contributed by atoms with E-state index in [0.29, 0.717) is 19.1 Å². The third-order valence-corrected chi connectivity index (χ3v) is 6.22. The highest BCUT2D eigenvalue weighted by atomic mass is 19.4. The number of nitrogens with zero attached hydrogens (tertiary/aromatic N) is 3. The van der Waals surface area contributed by atoms with Crippen LogP contribution in [0.5, 0.6) is 0 Å². The lowest BCUT2D eigenvalue weighted by Gasteiger charge is -2.47. The molecule has 0 spiro atoms. The lowest BCUT2D eigenvalue weighted by Crippen LogP contribution is -2.56. The first-order valence-corrected chi connectivity index (χ1v) is 9.80. The Morgan fingerprint density at radius 3 is 2.38 bits per heavy atom. The van der Waals surface area contributed by atoms with E-state index in [2.05, 4.69) is 30.7 Å². The van der Waals surface area contributed by atoms with Crippen LogP contribution in [-0.2, 0) is 6.18 Å². The second kappa shape index (κ2) is 7.75. The number of aromatic nitrogens is 1. The summed E-state index contributed by atoms with van der Waals surface area (Å²) in [6.45, 7) is 8.76. The molecule has 26 heavy (non-hydrogen) atoms. The van der Waals surface area contributed by atoms with Crippen molar-refractivity contribution in [1.82, 2.24) is 9.88 Å². The van der Waals surface area contributed by atoms with Gasteiger partial charge < -0.3 is 4.90 Å². The molecule has 6 heteroatoms. The molecule has 3 nitrogen and oxygen atoms in total. The van der Waals surface area contributed by atoms with E-state index in [4.69, 9.17) is 0 Å². The number of hydrogen-bond donors (Lipinski definition) is 0. The quantitative estimate of drug-likeness (QED) is 0.761. The highest BCUT2D eigenvalue weighted by Crippen LogP contribution is 2.37. The molecule has 2 heterocycles. The highest BCUT2D eigenvalue weighted by molar-refractivity contribution is 5.49. The number of hydrogen-bond acceptors (Lipinski definition) is 3. The van der Waals surface area contributed by atoms with Crippen molar-refractivity contribution in [3.63, 3.8) is 0 Å². The molecule has 1 aliphatic carbocycles. The van der Waals surface area contributed by atoms with Gasteiger partial charge >= 0.3 is 6.18 Å². The molecular weight excluding hydrogens is 339 g/mol. The van der Waals surface area contributed by atoms with Crippen LogP contribution in [0.2, 0.25) is 0 Å². The Kier molecular flexibility index (Phi) is 5.80. The largest absolute Gasteiger partial charge is 0.419 e. The van der Waals surface area contributed by atoms with Crippen molar-refractivity contribution < 1.29 is 13.2 Å². The zero-order chi connectivity index (χ0) is 18.9. The van der Waals surface area contributed by atoms with Crippen LogP contribution in [0.4, 0.5) is 19.0 Å². The first-order chi connectivity index (χ1) is 12.3. The van der Waals surface area contributed by atoms with Gasteiger partial charge in [-0.15, -0.1) is 0 Å². The van der Waals surface area contributed by atoms with Crippen LogP contribution >= 0.6 is 0 Å². The predicted molar refractivity (Wildman–Crippen MR) is 98.2 cm³/mol. The van der Waals surface area contributed by atoms with E-state index < -0.39 is 11.7 Å². The fourth-order valence-corrected chi connectivity index (χ4v) is 4.68. The summed E-state index contributed by atoms with van der Waals surface area (Å²) in [5.74, 6) is 1.65. The van der Waals surface area contributed by atoms with Crippen molar-refractivity contribution in [1.29, 1.82) is 0 Å². The molecule has 0 bridgehead atoms. The number of piperazine rings is 1. The summed E-state index contributed by atoms with van der Waals surface area (Å²) in [5, 5.41) is 0. The molecule has 1 aromatic rings. The maximum absolute atomic E-state index is 13.3. The summed E-state index contributed by atoms with van der Waals surface area (Å²) in [6, 6.07) is 3.31. The molecule has 2 aliphatic rings. The van der Waals surface area contributed by atoms with Gasteiger partial charge in [-0.05, 0) is 56.6 Å². The fourth-order valence-electron chi connectivity index (χ4n) is 4.68. The molecule has 146 valence electrons. The first kappa shape index (κ1) is 19.5. The van der Waals surface area contributed by atoms with Crippen LogP contribution in [0, 0.1) is 11.8 Å². The van der Waals surface area contributed by atoms with Gasteiger partial charge in [-0.2, -0.15) is 13.2 Å². The Hall–Kier alpha value is -1.30. The topological polar surface area (TPSA) is 19.4 Å². The van der Waals surface area contributed by atoms with Gasteiger partial charge in [0.05, 0.1) is 5.56 Å². The van der Waals surface area contributed by atoms with Gasteiger partial charge in [0.15, 0.2) is 0 Å². The molecule has 1 saturated carbocycles. The normalized spacial score (nSPS) is 28.6. The molecule has 0 amide bonds. The minimum Gasteiger partial charge on any atom is -0.353 e. The summed E-state index contributed by atoms with van der Waals surface area (Å²) < 4.78 is 39.9. The second-order valence-electron chi connectivity index (χ2n) is 8.22. The molecule has 0 aromatic carbocycles. The van der Waals surface area contributed by atoms with Crippen molar-refractivity contribution in [2.24, 2.45) is 11.8 Å². The Labute approximate surface area is 154 Å². The Bertz CT molecular complexity index is 594. The van der Waals surface area contributed by atoms with Crippen LogP contribution < -0.4 is 4.90 Å². The van der Waals surface area contributed by atoms with Crippen molar-refractivity contribution in [3.05, 3.63) is 23.9 Å². The molecule has 1 atom stereocenters. The Balaban J connectivity index is 1.65. The van der Waals surface area contributed by atoms with Crippen molar-refractivity contribution in [3.8, 4) is 0 Å². The first-order valence-electron chi connectivity index (χ1n) is 9.80. The monoisotopic (exact) mass is 369 g/mol. The lowest BCUT2D eigenvalue weighted by molar-refractivity contribution is -0.137. The average molecular weight is 369 g/mol. The molecule has 3 rings (SSSR count). The highest BCUT2D eigenvalue weighted by Gasteiger charge is 2.38. The molecule has 0 N–H and O–H groups in total. The number of pyridine rings is 1. The fraction of sp³-hybridized carbons (Fsp3) is 0.750. The van der Waals surface area contributed by atoms with E-state index in [1.807, 2.05) is 4.90 Å². The van der Waals surface area contributed by atoms with E-state index in [1.54, 1.807) is 0 Å². The van der Waals surface area contributed by atoms with E-state index in [9.17, 15) is 13.2 Å². The zero-order valence-electron chi connectivity index (χ0n) is 16.0. The third-order valence-electron chi connectivity index (χ3n) is 6.22. The van der Waals surface area contributed by atoms with Crippen molar-refractivity contribution >= 4 is 5.82 Å². The maximum atomic E-state index is 13.3. The molecule has 0 radical (unpaired) electrons. The van der Waals surface area contributed by atoms with Gasteiger partial charge in [-0.3, -0.25) is 4.90 Å². The molecular formula is C20H30F3N3. The lowest BCUT2D eigenvalue weighted by atomic mass is 9.79. The average Bonchev–Trinajstić information content (AvgIpc) is 2.61. The smallest absolute Gasteiger partial charge is 0.353 e. The number of rotatable bonds is 3. The van der Waals surface area contributed by atoms with Crippen molar-refractivity contribution in [2.45, 2.75) is 64.7 Å². The summed E-state index contributed by atoms with van der Waals surface area (Å²) in [7, 11) is 0. The van der Waals surface area contributed by atoms with E-state index in [1.165, 1.54) is 37.9 Å². The molecule has 0 unspecified atom stereocenters. The van der Waals surface area contributed by atoms with Gasteiger partial charge in [0.1, 0.15) is 5.82 Å². The second-order valence-corrected chi connectivity index (χ2v) is 8.22. The van der Waals surface area contributed by atoms with Gasteiger partial charge in [0, 0.05) is 37.9 Å². The number of halogens is 3. The Morgan fingerprint density at radius 1 is 1.12 bits per heavy atom. The minimum absolute atomic E-state index is 0.0787.